The number of para-hydroxylation sites is 1. The maximum absolute atomic E-state index is 6.10. The lowest BCUT2D eigenvalue weighted by Gasteiger charge is -2.32. The van der Waals surface area contributed by atoms with Gasteiger partial charge in [0.25, 0.3) is 0 Å². The molecule has 3 aromatic rings. The summed E-state index contributed by atoms with van der Waals surface area (Å²) < 4.78 is 0. The van der Waals surface area contributed by atoms with Crippen LogP contribution in [0.2, 0.25) is 0 Å². The Morgan fingerprint density at radius 2 is 1.79 bits per heavy atom. The lowest BCUT2D eigenvalue weighted by Crippen LogP contribution is -2.36. The Morgan fingerprint density at radius 1 is 1.04 bits per heavy atom. The van der Waals surface area contributed by atoms with E-state index in [2.05, 4.69) is 46.2 Å². The summed E-state index contributed by atoms with van der Waals surface area (Å²) in [5, 5.41) is 0.926. The molecule has 0 amide bonds. The highest BCUT2D eigenvalue weighted by molar-refractivity contribution is 5.87. The fourth-order valence-electron chi connectivity index (χ4n) is 3.63. The van der Waals surface area contributed by atoms with Crippen LogP contribution in [0.1, 0.15) is 23.4 Å². The maximum atomic E-state index is 6.10. The molecule has 0 radical (unpaired) electrons. The number of likely N-dealkylation sites (N-methyl/N-ethyl adjacent to an activating group) is 1. The van der Waals surface area contributed by atoms with Crippen LogP contribution in [0.25, 0.3) is 10.9 Å². The van der Waals surface area contributed by atoms with Gasteiger partial charge in [-0.1, -0.05) is 36.4 Å². The average molecular weight is 318 g/mol. The zero-order chi connectivity index (χ0) is 16.5. The fraction of sp³-hybridized carbons (Fsp3) is 0.300. The second-order valence-electron chi connectivity index (χ2n) is 6.62. The Labute approximate surface area is 142 Å². The predicted molar refractivity (Wildman–Crippen MR) is 97.7 cm³/mol. The Balaban J connectivity index is 1.53. The highest BCUT2D eigenvalue weighted by atomic mass is 15.2. The molecule has 1 unspecified atom stereocenters. The van der Waals surface area contributed by atoms with E-state index < -0.39 is 0 Å². The number of aryl methyl sites for hydroxylation is 1. The van der Waals surface area contributed by atoms with Gasteiger partial charge in [0, 0.05) is 11.4 Å². The highest BCUT2D eigenvalue weighted by Gasteiger charge is 2.22. The van der Waals surface area contributed by atoms with Gasteiger partial charge < -0.3 is 5.73 Å². The SMILES string of the molecule is CN(Cc1nc(N)c2ccccc2n1)C1CCc2ccccc2C1. The lowest BCUT2D eigenvalue weighted by molar-refractivity contribution is 0.209. The van der Waals surface area contributed by atoms with Crippen molar-refractivity contribution in [3.63, 3.8) is 0 Å². The smallest absolute Gasteiger partial charge is 0.145 e. The molecule has 2 N–H and O–H groups in total. The molecule has 0 aliphatic heterocycles. The van der Waals surface area contributed by atoms with E-state index in [9.17, 15) is 0 Å². The van der Waals surface area contributed by atoms with Gasteiger partial charge in [-0.3, -0.25) is 4.90 Å². The number of rotatable bonds is 3. The first kappa shape index (κ1) is 15.1. The summed E-state index contributed by atoms with van der Waals surface area (Å²) in [4.78, 5) is 11.5. The summed E-state index contributed by atoms with van der Waals surface area (Å²) in [5.74, 6) is 1.37. The van der Waals surface area contributed by atoms with Crippen LogP contribution < -0.4 is 5.73 Å². The van der Waals surface area contributed by atoms with E-state index in [4.69, 9.17) is 5.73 Å². The number of nitrogens with two attached hydrogens (primary N) is 1. The van der Waals surface area contributed by atoms with Gasteiger partial charge in [0.15, 0.2) is 0 Å². The van der Waals surface area contributed by atoms with Crippen molar-refractivity contribution in [1.82, 2.24) is 14.9 Å². The van der Waals surface area contributed by atoms with Crippen molar-refractivity contribution in [1.29, 1.82) is 0 Å². The van der Waals surface area contributed by atoms with Crippen LogP contribution in [0.15, 0.2) is 48.5 Å². The van der Waals surface area contributed by atoms with Gasteiger partial charge in [0.1, 0.15) is 11.6 Å². The molecule has 0 spiro atoms. The molecule has 0 saturated heterocycles. The van der Waals surface area contributed by atoms with Crippen LogP contribution in [-0.2, 0) is 19.4 Å². The Kier molecular flexibility index (Phi) is 3.90. The zero-order valence-electron chi connectivity index (χ0n) is 13.9. The molecule has 1 aromatic heterocycles. The van der Waals surface area contributed by atoms with Crippen LogP contribution in [0.4, 0.5) is 5.82 Å². The van der Waals surface area contributed by atoms with E-state index in [1.807, 2.05) is 24.3 Å². The topological polar surface area (TPSA) is 55.0 Å². The number of anilines is 1. The molecule has 2 aromatic carbocycles. The molecule has 1 aliphatic rings. The van der Waals surface area contributed by atoms with Crippen molar-refractivity contribution < 1.29 is 0 Å². The van der Waals surface area contributed by atoms with E-state index in [0.29, 0.717) is 11.9 Å². The lowest BCUT2D eigenvalue weighted by atomic mass is 9.88. The molecule has 0 bridgehead atoms. The first-order chi connectivity index (χ1) is 11.7. The van der Waals surface area contributed by atoms with Crippen molar-refractivity contribution in [2.75, 3.05) is 12.8 Å². The molecule has 0 saturated carbocycles. The van der Waals surface area contributed by atoms with Crippen molar-refractivity contribution in [3.05, 3.63) is 65.5 Å². The molecule has 1 atom stereocenters. The monoisotopic (exact) mass is 318 g/mol. The standard InChI is InChI=1S/C20H22N4/c1-24(16-11-10-14-6-2-3-7-15(14)12-16)13-19-22-18-9-5-4-8-17(18)20(21)23-19/h2-9,16H,10-13H2,1H3,(H2,21,22,23). The maximum Gasteiger partial charge on any atom is 0.145 e. The van der Waals surface area contributed by atoms with E-state index in [-0.39, 0.29) is 0 Å². The largest absolute Gasteiger partial charge is 0.383 e. The van der Waals surface area contributed by atoms with Gasteiger partial charge in [0.2, 0.25) is 0 Å². The Bertz CT molecular complexity index is 874. The third-order valence-corrected chi connectivity index (χ3v) is 5.01. The second-order valence-corrected chi connectivity index (χ2v) is 6.62. The molecule has 0 fully saturated rings. The number of hydrogen-bond acceptors (Lipinski definition) is 4. The molecule has 24 heavy (non-hydrogen) atoms. The van der Waals surface area contributed by atoms with Crippen molar-refractivity contribution in [2.24, 2.45) is 0 Å². The van der Waals surface area contributed by atoms with E-state index in [1.165, 1.54) is 17.5 Å². The van der Waals surface area contributed by atoms with Gasteiger partial charge in [-0.05, 0) is 49.6 Å². The first-order valence-electron chi connectivity index (χ1n) is 8.49. The summed E-state index contributed by atoms with van der Waals surface area (Å²) in [6, 6.07) is 17.2. The summed E-state index contributed by atoms with van der Waals surface area (Å²) in [5.41, 5.74) is 9.99. The highest BCUT2D eigenvalue weighted by Crippen LogP contribution is 2.25. The Morgan fingerprint density at radius 3 is 2.67 bits per heavy atom. The molecule has 4 rings (SSSR count). The molecular weight excluding hydrogens is 296 g/mol. The minimum absolute atomic E-state index is 0.524. The quantitative estimate of drug-likeness (QED) is 0.806. The van der Waals surface area contributed by atoms with Gasteiger partial charge in [-0.2, -0.15) is 0 Å². The minimum atomic E-state index is 0.524. The fourth-order valence-corrected chi connectivity index (χ4v) is 3.63. The van der Waals surface area contributed by atoms with Crippen LogP contribution in [0, 0.1) is 0 Å². The molecule has 1 heterocycles. The van der Waals surface area contributed by atoms with Crippen molar-refractivity contribution >= 4 is 16.7 Å². The number of nitrogens with zero attached hydrogens (tertiary/aromatic N) is 3. The molecule has 4 nitrogen and oxygen atoms in total. The van der Waals surface area contributed by atoms with Gasteiger partial charge in [-0.25, -0.2) is 9.97 Å². The molecule has 122 valence electrons. The van der Waals surface area contributed by atoms with Crippen molar-refractivity contribution in [3.8, 4) is 0 Å². The second kappa shape index (κ2) is 6.21. The number of fused-ring (bicyclic) bond motifs is 2. The molecule has 1 aliphatic carbocycles. The summed E-state index contributed by atoms with van der Waals surface area (Å²) >= 11 is 0. The number of benzene rings is 2. The third-order valence-electron chi connectivity index (χ3n) is 5.01. The van der Waals surface area contributed by atoms with Crippen LogP contribution in [0.5, 0.6) is 0 Å². The normalized spacial score (nSPS) is 17.2. The Hall–Kier alpha value is -2.46. The van der Waals surface area contributed by atoms with E-state index >= 15 is 0 Å². The van der Waals surface area contributed by atoms with Gasteiger partial charge in [-0.15, -0.1) is 0 Å². The van der Waals surface area contributed by atoms with Gasteiger partial charge >= 0.3 is 0 Å². The number of nitrogen functional groups attached to an aromatic ring is 1. The van der Waals surface area contributed by atoms with Gasteiger partial charge in [0.05, 0.1) is 12.1 Å². The zero-order valence-corrected chi connectivity index (χ0v) is 13.9. The predicted octanol–water partition coefficient (Wildman–Crippen LogP) is 3.20. The molecule has 4 heteroatoms. The summed E-state index contributed by atoms with van der Waals surface area (Å²) in [6.45, 7) is 0.724. The third kappa shape index (κ3) is 2.85. The number of aromatic nitrogens is 2. The average Bonchev–Trinajstić information content (AvgIpc) is 2.61. The van der Waals surface area contributed by atoms with Crippen molar-refractivity contribution in [2.45, 2.75) is 31.8 Å². The molecular formula is C20H22N4. The minimum Gasteiger partial charge on any atom is -0.383 e. The first-order valence-corrected chi connectivity index (χ1v) is 8.49. The summed E-state index contributed by atoms with van der Waals surface area (Å²) in [7, 11) is 2.16. The van der Waals surface area contributed by atoms with Crippen LogP contribution in [-0.4, -0.2) is 28.0 Å². The van der Waals surface area contributed by atoms with Crippen LogP contribution in [0.3, 0.4) is 0 Å². The van der Waals surface area contributed by atoms with E-state index in [0.717, 1.165) is 36.1 Å². The van der Waals surface area contributed by atoms with E-state index in [1.54, 1.807) is 0 Å². The van der Waals surface area contributed by atoms with Crippen LogP contribution >= 0.6 is 0 Å². The summed E-state index contributed by atoms with van der Waals surface area (Å²) in [6.07, 6.45) is 3.41. The number of hydrogen-bond donors (Lipinski definition) is 1.